The summed E-state index contributed by atoms with van der Waals surface area (Å²) in [4.78, 5) is 31.8. The molecule has 2 heterocycles. The van der Waals surface area contributed by atoms with Crippen molar-refractivity contribution in [2.75, 3.05) is 23.4 Å². The maximum Gasteiger partial charge on any atom is 0.267 e. The molecule has 0 unspecified atom stereocenters. The second kappa shape index (κ2) is 9.08. The van der Waals surface area contributed by atoms with Crippen molar-refractivity contribution >= 4 is 46.1 Å². The predicted octanol–water partition coefficient (Wildman–Crippen LogP) is 5.55. The molecule has 1 fully saturated rings. The molecular formula is C23H22ClN3O3S. The maximum absolute atomic E-state index is 13.0. The molecule has 1 aromatic heterocycles. The fourth-order valence-electron chi connectivity index (χ4n) is 3.47. The van der Waals surface area contributed by atoms with E-state index < -0.39 is 0 Å². The van der Waals surface area contributed by atoms with E-state index in [1.165, 1.54) is 11.3 Å². The molecule has 0 spiro atoms. The lowest BCUT2D eigenvalue weighted by molar-refractivity contribution is -0.117. The molecule has 1 N–H and O–H groups in total. The zero-order chi connectivity index (χ0) is 22.0. The largest absolute Gasteiger partial charge is 0.494 e. The first-order valence-electron chi connectivity index (χ1n) is 10.1. The Morgan fingerprint density at radius 1 is 1.26 bits per heavy atom. The molecule has 6 nitrogen and oxygen atoms in total. The smallest absolute Gasteiger partial charge is 0.267 e. The molecule has 1 saturated heterocycles. The summed E-state index contributed by atoms with van der Waals surface area (Å²) in [6.45, 7) is 5.03. The van der Waals surface area contributed by atoms with Crippen LogP contribution in [0, 0.1) is 6.92 Å². The second-order valence-corrected chi connectivity index (χ2v) is 8.56. The van der Waals surface area contributed by atoms with Gasteiger partial charge in [-0.2, -0.15) is 0 Å². The van der Waals surface area contributed by atoms with Gasteiger partial charge in [-0.3, -0.25) is 9.59 Å². The Bertz CT molecular complexity index is 1130. The van der Waals surface area contributed by atoms with Gasteiger partial charge in [-0.15, -0.1) is 11.3 Å². The highest BCUT2D eigenvalue weighted by atomic mass is 35.5. The molecule has 0 saturated carbocycles. The van der Waals surface area contributed by atoms with Crippen molar-refractivity contribution in [3.8, 4) is 16.3 Å². The molecule has 160 valence electrons. The fourth-order valence-corrected chi connectivity index (χ4v) is 4.60. The van der Waals surface area contributed by atoms with Crippen molar-refractivity contribution in [3.05, 3.63) is 58.1 Å². The molecule has 31 heavy (non-hydrogen) atoms. The number of benzene rings is 2. The van der Waals surface area contributed by atoms with Gasteiger partial charge in [0.05, 0.1) is 23.0 Å². The van der Waals surface area contributed by atoms with Crippen LogP contribution in [0.1, 0.15) is 35.1 Å². The first-order valence-corrected chi connectivity index (χ1v) is 11.3. The lowest BCUT2D eigenvalue weighted by atomic mass is 10.2. The van der Waals surface area contributed by atoms with Crippen LogP contribution in [-0.4, -0.2) is 29.9 Å². The van der Waals surface area contributed by atoms with Gasteiger partial charge in [0.2, 0.25) is 5.91 Å². The van der Waals surface area contributed by atoms with E-state index in [0.717, 1.165) is 28.4 Å². The van der Waals surface area contributed by atoms with E-state index in [2.05, 4.69) is 10.3 Å². The summed E-state index contributed by atoms with van der Waals surface area (Å²) in [5, 5.41) is 4.05. The van der Waals surface area contributed by atoms with Gasteiger partial charge in [-0.1, -0.05) is 11.6 Å². The lowest BCUT2D eigenvalue weighted by Crippen LogP contribution is -2.23. The normalized spacial score (nSPS) is 13.5. The van der Waals surface area contributed by atoms with Crippen molar-refractivity contribution in [2.45, 2.75) is 26.7 Å². The number of thiazole rings is 1. The molecule has 2 amide bonds. The average molecular weight is 456 g/mol. The van der Waals surface area contributed by atoms with Gasteiger partial charge in [0, 0.05) is 24.2 Å². The van der Waals surface area contributed by atoms with Crippen LogP contribution in [0.2, 0.25) is 5.02 Å². The first-order chi connectivity index (χ1) is 15.0. The summed E-state index contributed by atoms with van der Waals surface area (Å²) in [7, 11) is 0. The summed E-state index contributed by atoms with van der Waals surface area (Å²) < 4.78 is 5.48. The van der Waals surface area contributed by atoms with Gasteiger partial charge in [-0.25, -0.2) is 4.98 Å². The summed E-state index contributed by atoms with van der Waals surface area (Å²) in [6, 6.07) is 12.9. The minimum atomic E-state index is -0.279. The molecule has 1 aliphatic heterocycles. The Morgan fingerprint density at radius 2 is 2.03 bits per heavy atom. The first kappa shape index (κ1) is 21.3. The van der Waals surface area contributed by atoms with Crippen LogP contribution < -0.4 is 15.0 Å². The number of anilines is 2. The fraction of sp³-hybridized carbons (Fsp3) is 0.261. The van der Waals surface area contributed by atoms with Crippen LogP contribution >= 0.6 is 22.9 Å². The molecule has 4 rings (SSSR count). The Balaban J connectivity index is 1.55. The predicted molar refractivity (Wildman–Crippen MR) is 124 cm³/mol. The van der Waals surface area contributed by atoms with Crippen molar-refractivity contribution in [3.63, 3.8) is 0 Å². The number of nitrogens with one attached hydrogen (secondary N) is 1. The number of hydrogen-bond donors (Lipinski definition) is 1. The van der Waals surface area contributed by atoms with Gasteiger partial charge < -0.3 is 15.0 Å². The highest BCUT2D eigenvalue weighted by Gasteiger charge is 2.23. The van der Waals surface area contributed by atoms with Crippen molar-refractivity contribution in [1.82, 2.24) is 4.98 Å². The molecule has 8 heteroatoms. The minimum Gasteiger partial charge on any atom is -0.494 e. The van der Waals surface area contributed by atoms with Crippen LogP contribution in [-0.2, 0) is 4.79 Å². The van der Waals surface area contributed by atoms with Crippen molar-refractivity contribution in [2.24, 2.45) is 0 Å². The number of nitrogens with zero attached hydrogens (tertiary/aromatic N) is 2. The van der Waals surface area contributed by atoms with E-state index in [1.54, 1.807) is 23.1 Å². The minimum absolute atomic E-state index is 0.0814. The number of aryl methyl sites for hydroxylation is 1. The molecule has 1 aliphatic rings. The van der Waals surface area contributed by atoms with Gasteiger partial charge in [0.1, 0.15) is 15.6 Å². The third-order valence-corrected chi connectivity index (χ3v) is 6.53. The summed E-state index contributed by atoms with van der Waals surface area (Å²) in [5.74, 6) is 0.598. The standard InChI is InChI=1S/C23H22ClN3O3S/c1-3-30-17-9-6-15(7-10-17)23-25-14(2)21(31-23)22(29)26-19-13-16(8-11-18(19)24)27-12-4-5-20(27)28/h6-11,13H,3-5,12H2,1-2H3,(H,26,29). The average Bonchev–Trinajstić information content (AvgIpc) is 3.36. The third kappa shape index (κ3) is 4.57. The molecule has 0 radical (unpaired) electrons. The zero-order valence-corrected chi connectivity index (χ0v) is 18.8. The number of carbonyl (C=O) groups excluding carboxylic acids is 2. The topological polar surface area (TPSA) is 71.5 Å². The van der Waals surface area contributed by atoms with E-state index in [0.29, 0.717) is 40.9 Å². The van der Waals surface area contributed by atoms with Crippen molar-refractivity contribution < 1.29 is 14.3 Å². The molecule has 0 aliphatic carbocycles. The number of ether oxygens (including phenoxy) is 1. The molecular weight excluding hydrogens is 434 g/mol. The Hall–Kier alpha value is -2.90. The summed E-state index contributed by atoms with van der Waals surface area (Å²) >= 11 is 7.63. The SMILES string of the molecule is CCOc1ccc(-c2nc(C)c(C(=O)Nc3cc(N4CCCC4=O)ccc3Cl)s2)cc1. The van der Waals surface area contributed by atoms with E-state index >= 15 is 0 Å². The van der Waals surface area contributed by atoms with Crippen LogP contribution in [0.15, 0.2) is 42.5 Å². The molecule has 3 aromatic rings. The van der Waals surface area contributed by atoms with Gasteiger partial charge in [0.25, 0.3) is 5.91 Å². The third-order valence-electron chi connectivity index (χ3n) is 5.00. The van der Waals surface area contributed by atoms with Crippen LogP contribution in [0.25, 0.3) is 10.6 Å². The van der Waals surface area contributed by atoms with Crippen LogP contribution in [0.3, 0.4) is 0 Å². The van der Waals surface area contributed by atoms with Crippen LogP contribution in [0.5, 0.6) is 5.75 Å². The highest BCUT2D eigenvalue weighted by Crippen LogP contribution is 2.33. The monoisotopic (exact) mass is 455 g/mol. The number of halogens is 1. The Labute approximate surface area is 189 Å². The van der Waals surface area contributed by atoms with E-state index in [9.17, 15) is 9.59 Å². The summed E-state index contributed by atoms with van der Waals surface area (Å²) in [5.41, 5.74) is 2.77. The number of hydrogen-bond acceptors (Lipinski definition) is 5. The highest BCUT2D eigenvalue weighted by molar-refractivity contribution is 7.17. The lowest BCUT2D eigenvalue weighted by Gasteiger charge is -2.17. The molecule has 2 aromatic carbocycles. The quantitative estimate of drug-likeness (QED) is 0.529. The number of amides is 2. The van der Waals surface area contributed by atoms with Crippen LogP contribution in [0.4, 0.5) is 11.4 Å². The Morgan fingerprint density at radius 3 is 2.71 bits per heavy atom. The molecule has 0 atom stereocenters. The van der Waals surface area contributed by atoms with Gasteiger partial charge in [-0.05, 0) is 62.7 Å². The van der Waals surface area contributed by atoms with E-state index in [1.807, 2.05) is 38.1 Å². The second-order valence-electron chi connectivity index (χ2n) is 7.16. The zero-order valence-electron chi connectivity index (χ0n) is 17.3. The number of aromatic nitrogens is 1. The maximum atomic E-state index is 13.0. The summed E-state index contributed by atoms with van der Waals surface area (Å²) in [6.07, 6.45) is 1.37. The van der Waals surface area contributed by atoms with Gasteiger partial charge in [0.15, 0.2) is 0 Å². The Kier molecular flexibility index (Phi) is 6.25. The number of carbonyl (C=O) groups is 2. The molecule has 0 bridgehead atoms. The van der Waals surface area contributed by atoms with Crippen molar-refractivity contribution in [1.29, 1.82) is 0 Å². The van der Waals surface area contributed by atoms with Gasteiger partial charge >= 0.3 is 0 Å². The van der Waals surface area contributed by atoms with E-state index in [-0.39, 0.29) is 11.8 Å². The van der Waals surface area contributed by atoms with E-state index in [4.69, 9.17) is 16.3 Å². The number of rotatable bonds is 6.